The molecule has 0 aromatic rings. The molecule has 0 fully saturated rings. The third-order valence-corrected chi connectivity index (χ3v) is 2.75. The van der Waals surface area contributed by atoms with Gasteiger partial charge in [0.1, 0.15) is 6.04 Å². The van der Waals surface area contributed by atoms with Crippen LogP contribution in [0.25, 0.3) is 0 Å². The van der Waals surface area contributed by atoms with Crippen LogP contribution in [-0.2, 0) is 14.3 Å². The summed E-state index contributed by atoms with van der Waals surface area (Å²) in [5, 5.41) is 12.8. The number of methoxy groups -OCH3 is 1. The number of hydrogen-bond donors (Lipinski definition) is 2. The molecule has 0 aromatic carbocycles. The number of carbonyl (C=O) groups is 1. The zero-order valence-electron chi connectivity index (χ0n) is 12.6. The molecule has 0 rings (SSSR count). The number of unbranched alkanes of at least 4 members (excludes halogenated alkanes) is 1. The third-order valence-electron chi connectivity index (χ3n) is 2.75. The molecule has 0 saturated carbocycles. The summed E-state index contributed by atoms with van der Waals surface area (Å²) < 4.78 is 10.1. The topological polar surface area (TPSA) is 67.8 Å². The lowest BCUT2D eigenvalue weighted by molar-refractivity contribution is -0.143. The van der Waals surface area contributed by atoms with Crippen molar-refractivity contribution >= 4 is 5.97 Å². The minimum absolute atomic E-state index is 0.284. The molecule has 0 aromatic heterocycles. The van der Waals surface area contributed by atoms with Gasteiger partial charge in [0.05, 0.1) is 19.8 Å². The predicted molar refractivity (Wildman–Crippen MR) is 75.0 cm³/mol. The van der Waals surface area contributed by atoms with Crippen LogP contribution >= 0.6 is 0 Å². The highest BCUT2D eigenvalue weighted by Gasteiger charge is 2.20. The summed E-state index contributed by atoms with van der Waals surface area (Å²) in [6, 6.07) is -0.365. The van der Waals surface area contributed by atoms with E-state index in [1.807, 2.05) is 13.8 Å². The summed E-state index contributed by atoms with van der Waals surface area (Å²) in [6.45, 7) is 7.47. The average molecular weight is 275 g/mol. The summed E-state index contributed by atoms with van der Waals surface area (Å²) in [6.07, 6.45) is 2.16. The average Bonchev–Trinajstić information content (AvgIpc) is 2.38. The quantitative estimate of drug-likeness (QED) is 0.440. The first-order valence-corrected chi connectivity index (χ1v) is 7.08. The number of nitrogens with one attached hydrogen (secondary N) is 1. The van der Waals surface area contributed by atoms with Crippen molar-refractivity contribution in [3.05, 3.63) is 0 Å². The molecule has 0 aliphatic rings. The Labute approximate surface area is 116 Å². The molecule has 0 saturated heterocycles. The van der Waals surface area contributed by atoms with Crippen molar-refractivity contribution in [1.82, 2.24) is 5.32 Å². The number of rotatable bonds is 11. The molecule has 2 unspecified atom stereocenters. The van der Waals surface area contributed by atoms with Crippen molar-refractivity contribution in [1.29, 1.82) is 0 Å². The van der Waals surface area contributed by atoms with Gasteiger partial charge in [-0.3, -0.25) is 4.79 Å². The maximum absolute atomic E-state index is 11.6. The Kier molecular flexibility index (Phi) is 10.8. The lowest BCUT2D eigenvalue weighted by atomic mass is 10.0. The second kappa shape index (κ2) is 11.2. The molecule has 2 N–H and O–H groups in total. The molecule has 0 bridgehead atoms. The fraction of sp³-hybridized carbons (Fsp3) is 0.929. The zero-order valence-corrected chi connectivity index (χ0v) is 12.6. The highest BCUT2D eigenvalue weighted by molar-refractivity contribution is 5.75. The predicted octanol–water partition coefficient (Wildman–Crippen LogP) is 1.34. The summed E-state index contributed by atoms with van der Waals surface area (Å²) in [4.78, 5) is 11.6. The minimum atomic E-state index is -0.601. The molecule has 0 heterocycles. The maximum Gasteiger partial charge on any atom is 0.322 e. The van der Waals surface area contributed by atoms with Gasteiger partial charge >= 0.3 is 5.97 Å². The van der Waals surface area contributed by atoms with Crippen LogP contribution in [0.3, 0.4) is 0 Å². The van der Waals surface area contributed by atoms with E-state index in [2.05, 4.69) is 12.2 Å². The van der Waals surface area contributed by atoms with Crippen LogP contribution in [0.5, 0.6) is 0 Å². The van der Waals surface area contributed by atoms with Crippen LogP contribution < -0.4 is 5.32 Å². The SMILES string of the molecule is CCCCOCC(O)CNC(CC(C)C)C(=O)OC. The Morgan fingerprint density at radius 2 is 2.05 bits per heavy atom. The van der Waals surface area contributed by atoms with E-state index in [0.29, 0.717) is 32.1 Å². The molecule has 0 radical (unpaired) electrons. The molecule has 5 nitrogen and oxygen atoms in total. The van der Waals surface area contributed by atoms with Crippen molar-refractivity contribution in [2.75, 3.05) is 26.9 Å². The van der Waals surface area contributed by atoms with E-state index in [1.54, 1.807) is 0 Å². The van der Waals surface area contributed by atoms with E-state index in [4.69, 9.17) is 9.47 Å². The van der Waals surface area contributed by atoms with E-state index in [0.717, 1.165) is 12.8 Å². The molecular formula is C14H29NO4. The van der Waals surface area contributed by atoms with Gasteiger partial charge in [-0.1, -0.05) is 27.2 Å². The molecule has 0 aliphatic heterocycles. The fourth-order valence-corrected chi connectivity index (χ4v) is 1.68. The maximum atomic E-state index is 11.6. The summed E-state index contributed by atoms with van der Waals surface area (Å²) >= 11 is 0. The largest absolute Gasteiger partial charge is 0.468 e. The Hall–Kier alpha value is -0.650. The number of ether oxygens (including phenoxy) is 2. The van der Waals surface area contributed by atoms with Crippen LogP contribution in [-0.4, -0.2) is 50.1 Å². The molecule has 0 spiro atoms. The van der Waals surface area contributed by atoms with Gasteiger partial charge in [-0.15, -0.1) is 0 Å². The molecule has 19 heavy (non-hydrogen) atoms. The van der Waals surface area contributed by atoms with Gasteiger partial charge in [0.2, 0.25) is 0 Å². The number of aliphatic hydroxyl groups is 1. The normalized spacial score (nSPS) is 14.4. The first-order valence-electron chi connectivity index (χ1n) is 7.08. The molecule has 2 atom stereocenters. The first kappa shape index (κ1) is 18.4. The van der Waals surface area contributed by atoms with E-state index in [-0.39, 0.29) is 12.0 Å². The van der Waals surface area contributed by atoms with Crippen molar-refractivity contribution in [2.45, 2.75) is 52.2 Å². The van der Waals surface area contributed by atoms with Crippen molar-refractivity contribution in [3.63, 3.8) is 0 Å². The second-order valence-corrected chi connectivity index (χ2v) is 5.20. The van der Waals surface area contributed by atoms with E-state index in [9.17, 15) is 9.90 Å². The number of aliphatic hydroxyl groups excluding tert-OH is 1. The Bertz CT molecular complexity index is 233. The molecule has 0 amide bonds. The van der Waals surface area contributed by atoms with Crippen LogP contribution in [0, 0.1) is 5.92 Å². The van der Waals surface area contributed by atoms with Crippen molar-refractivity contribution in [2.24, 2.45) is 5.92 Å². The third kappa shape index (κ3) is 9.87. The van der Waals surface area contributed by atoms with Gasteiger partial charge in [0, 0.05) is 13.2 Å². The van der Waals surface area contributed by atoms with Gasteiger partial charge in [-0.05, 0) is 18.8 Å². The summed E-state index contributed by atoms with van der Waals surface area (Å²) in [7, 11) is 1.38. The van der Waals surface area contributed by atoms with Crippen LogP contribution in [0.1, 0.15) is 40.0 Å². The highest BCUT2D eigenvalue weighted by atomic mass is 16.5. The van der Waals surface area contributed by atoms with Crippen molar-refractivity contribution in [3.8, 4) is 0 Å². The molecular weight excluding hydrogens is 246 g/mol. The molecule has 0 aliphatic carbocycles. The monoisotopic (exact) mass is 275 g/mol. The standard InChI is InChI=1S/C14H29NO4/c1-5-6-7-19-10-12(16)9-15-13(8-11(2)3)14(17)18-4/h11-13,15-16H,5-10H2,1-4H3. The lowest BCUT2D eigenvalue weighted by Crippen LogP contribution is -2.43. The van der Waals surface area contributed by atoms with Gasteiger partial charge < -0.3 is 19.9 Å². The molecule has 114 valence electrons. The number of esters is 1. The fourth-order valence-electron chi connectivity index (χ4n) is 1.68. The lowest BCUT2D eigenvalue weighted by Gasteiger charge is -2.20. The summed E-state index contributed by atoms with van der Waals surface area (Å²) in [5.74, 6) is 0.0994. The number of hydrogen-bond acceptors (Lipinski definition) is 5. The van der Waals surface area contributed by atoms with Gasteiger partial charge in [-0.2, -0.15) is 0 Å². The van der Waals surface area contributed by atoms with Crippen LogP contribution in [0.4, 0.5) is 0 Å². The zero-order chi connectivity index (χ0) is 14.7. The van der Waals surface area contributed by atoms with Crippen LogP contribution in [0.2, 0.25) is 0 Å². The Balaban J connectivity index is 3.92. The smallest absolute Gasteiger partial charge is 0.322 e. The number of carbonyl (C=O) groups excluding carboxylic acids is 1. The second-order valence-electron chi connectivity index (χ2n) is 5.20. The highest BCUT2D eigenvalue weighted by Crippen LogP contribution is 2.06. The molecule has 5 heteroatoms. The minimum Gasteiger partial charge on any atom is -0.468 e. The summed E-state index contributed by atoms with van der Waals surface area (Å²) in [5.41, 5.74) is 0. The van der Waals surface area contributed by atoms with Crippen molar-refractivity contribution < 1.29 is 19.4 Å². The Morgan fingerprint density at radius 3 is 2.58 bits per heavy atom. The van der Waals surface area contributed by atoms with E-state index >= 15 is 0 Å². The van der Waals surface area contributed by atoms with E-state index < -0.39 is 6.10 Å². The van der Waals surface area contributed by atoms with Gasteiger partial charge in [0.15, 0.2) is 0 Å². The Morgan fingerprint density at radius 1 is 1.37 bits per heavy atom. The van der Waals surface area contributed by atoms with Gasteiger partial charge in [-0.25, -0.2) is 0 Å². The van der Waals surface area contributed by atoms with E-state index in [1.165, 1.54) is 7.11 Å². The van der Waals surface area contributed by atoms with Gasteiger partial charge in [0.25, 0.3) is 0 Å². The van der Waals surface area contributed by atoms with Crippen LogP contribution in [0.15, 0.2) is 0 Å². The first-order chi connectivity index (χ1) is 9.01.